The number of benzene rings is 2. The van der Waals surface area contributed by atoms with Crippen LogP contribution in [0.15, 0.2) is 79.0 Å². The van der Waals surface area contributed by atoms with Crippen LogP contribution in [0.5, 0.6) is 0 Å². The number of methoxy groups -OCH3 is 1. The van der Waals surface area contributed by atoms with Crippen molar-refractivity contribution in [2.45, 2.75) is 6.54 Å². The standard InChI is InChI=1S/C22H18N2O2S/c1-26-22(25)21-12-11-20(27-21)19-13-14-24(23-19)15-16-7-9-18(10-8-16)17-5-3-2-4-6-17/h2-14H,15H2,1H3. The molecule has 0 N–H and O–H groups in total. The van der Waals surface area contributed by atoms with Crippen LogP contribution in [0.4, 0.5) is 0 Å². The highest BCUT2D eigenvalue weighted by molar-refractivity contribution is 7.17. The van der Waals surface area contributed by atoms with Gasteiger partial charge in [-0.3, -0.25) is 4.68 Å². The van der Waals surface area contributed by atoms with Gasteiger partial charge < -0.3 is 4.74 Å². The van der Waals surface area contributed by atoms with Crippen molar-refractivity contribution >= 4 is 17.3 Å². The molecule has 4 aromatic rings. The van der Waals surface area contributed by atoms with Crippen LogP contribution >= 0.6 is 11.3 Å². The number of rotatable bonds is 5. The summed E-state index contributed by atoms with van der Waals surface area (Å²) in [4.78, 5) is 13.1. The molecule has 2 aromatic carbocycles. The summed E-state index contributed by atoms with van der Waals surface area (Å²) in [6.45, 7) is 0.699. The van der Waals surface area contributed by atoms with E-state index in [0.717, 1.165) is 10.6 Å². The van der Waals surface area contributed by atoms with Crippen molar-refractivity contribution in [2.75, 3.05) is 7.11 Å². The van der Waals surface area contributed by atoms with Gasteiger partial charge in [-0.1, -0.05) is 54.6 Å². The zero-order valence-electron chi connectivity index (χ0n) is 14.8. The Morgan fingerprint density at radius 2 is 1.70 bits per heavy atom. The highest BCUT2D eigenvalue weighted by Gasteiger charge is 2.12. The second kappa shape index (κ2) is 7.60. The average molecular weight is 374 g/mol. The third-order valence-corrected chi connectivity index (χ3v) is 5.38. The van der Waals surface area contributed by atoms with Crippen LogP contribution in [-0.2, 0) is 11.3 Å². The lowest BCUT2D eigenvalue weighted by atomic mass is 10.0. The molecule has 0 unspecified atom stereocenters. The van der Waals surface area contributed by atoms with Gasteiger partial charge in [0.1, 0.15) is 10.6 Å². The van der Waals surface area contributed by atoms with Crippen LogP contribution < -0.4 is 0 Å². The Bertz CT molecular complexity index is 1050. The summed E-state index contributed by atoms with van der Waals surface area (Å²) in [5, 5.41) is 4.63. The lowest BCUT2D eigenvalue weighted by molar-refractivity contribution is 0.0606. The minimum Gasteiger partial charge on any atom is -0.465 e. The average Bonchev–Trinajstić information content (AvgIpc) is 3.38. The van der Waals surface area contributed by atoms with Crippen LogP contribution in [0.25, 0.3) is 21.7 Å². The Morgan fingerprint density at radius 1 is 0.963 bits per heavy atom. The van der Waals surface area contributed by atoms with Gasteiger partial charge in [0, 0.05) is 6.20 Å². The number of aromatic nitrogens is 2. The first kappa shape index (κ1) is 17.2. The summed E-state index contributed by atoms with van der Waals surface area (Å²) >= 11 is 1.39. The summed E-state index contributed by atoms with van der Waals surface area (Å²) in [6.07, 6.45) is 1.96. The molecule has 27 heavy (non-hydrogen) atoms. The SMILES string of the molecule is COC(=O)c1ccc(-c2ccn(Cc3ccc(-c4ccccc4)cc3)n2)s1. The van der Waals surface area contributed by atoms with Gasteiger partial charge in [0.05, 0.1) is 18.5 Å². The van der Waals surface area contributed by atoms with E-state index in [1.165, 1.54) is 35.1 Å². The molecule has 2 heterocycles. The summed E-state index contributed by atoms with van der Waals surface area (Å²) in [5.41, 5.74) is 4.46. The van der Waals surface area contributed by atoms with Gasteiger partial charge in [-0.2, -0.15) is 5.10 Å². The van der Waals surface area contributed by atoms with Crippen molar-refractivity contribution in [2.24, 2.45) is 0 Å². The topological polar surface area (TPSA) is 44.1 Å². The number of ether oxygens (including phenoxy) is 1. The number of esters is 1. The van der Waals surface area contributed by atoms with Crippen LogP contribution in [-0.4, -0.2) is 22.9 Å². The molecule has 0 radical (unpaired) electrons. The zero-order valence-corrected chi connectivity index (χ0v) is 15.6. The second-order valence-electron chi connectivity index (χ2n) is 6.12. The minimum atomic E-state index is -0.316. The normalized spacial score (nSPS) is 10.7. The van der Waals surface area contributed by atoms with E-state index in [4.69, 9.17) is 4.74 Å². The molecule has 2 aromatic heterocycles. The van der Waals surface area contributed by atoms with Crippen molar-refractivity contribution in [1.82, 2.24) is 9.78 Å². The molecule has 0 spiro atoms. The van der Waals surface area contributed by atoms with Gasteiger partial charge in [-0.15, -0.1) is 11.3 Å². The van der Waals surface area contributed by atoms with Crippen LogP contribution in [0.3, 0.4) is 0 Å². The predicted octanol–water partition coefficient (Wildman–Crippen LogP) is 5.11. The number of hydrogen-bond donors (Lipinski definition) is 0. The lowest BCUT2D eigenvalue weighted by Crippen LogP contribution is -2.00. The number of carbonyl (C=O) groups is 1. The van der Waals surface area contributed by atoms with E-state index >= 15 is 0 Å². The van der Waals surface area contributed by atoms with Gasteiger partial charge in [-0.25, -0.2) is 4.79 Å². The Hall–Kier alpha value is -3.18. The predicted molar refractivity (Wildman–Crippen MR) is 108 cm³/mol. The first-order valence-electron chi connectivity index (χ1n) is 8.59. The summed E-state index contributed by atoms with van der Waals surface area (Å²) < 4.78 is 6.66. The van der Waals surface area contributed by atoms with Gasteiger partial charge >= 0.3 is 5.97 Å². The Balaban J connectivity index is 1.48. The maximum Gasteiger partial charge on any atom is 0.348 e. The molecule has 0 aliphatic heterocycles. The highest BCUT2D eigenvalue weighted by Crippen LogP contribution is 2.27. The molecule has 0 saturated heterocycles. The minimum absolute atomic E-state index is 0.316. The van der Waals surface area contributed by atoms with E-state index in [0.29, 0.717) is 11.4 Å². The lowest BCUT2D eigenvalue weighted by Gasteiger charge is -2.05. The van der Waals surface area contributed by atoms with Crippen LogP contribution in [0.2, 0.25) is 0 Å². The summed E-state index contributed by atoms with van der Waals surface area (Å²) in [5.74, 6) is -0.316. The molecule has 134 valence electrons. The largest absolute Gasteiger partial charge is 0.465 e. The maximum absolute atomic E-state index is 11.6. The quantitative estimate of drug-likeness (QED) is 0.456. The van der Waals surface area contributed by atoms with Crippen molar-refractivity contribution in [3.05, 3.63) is 89.4 Å². The Labute approximate surface area is 161 Å². The zero-order chi connectivity index (χ0) is 18.6. The highest BCUT2D eigenvalue weighted by atomic mass is 32.1. The van der Waals surface area contributed by atoms with E-state index in [9.17, 15) is 4.79 Å². The first-order valence-corrected chi connectivity index (χ1v) is 9.41. The number of hydrogen-bond acceptors (Lipinski definition) is 4. The summed E-state index contributed by atoms with van der Waals surface area (Å²) in [6, 6.07) is 24.5. The smallest absolute Gasteiger partial charge is 0.348 e. The number of carbonyl (C=O) groups excluding carboxylic acids is 1. The van der Waals surface area contributed by atoms with E-state index in [1.54, 1.807) is 6.07 Å². The molecule has 5 heteroatoms. The van der Waals surface area contributed by atoms with Gasteiger partial charge in [-0.05, 0) is 34.9 Å². The third kappa shape index (κ3) is 3.83. The van der Waals surface area contributed by atoms with E-state index in [1.807, 2.05) is 41.2 Å². The molecule has 0 amide bonds. The van der Waals surface area contributed by atoms with Gasteiger partial charge in [0.2, 0.25) is 0 Å². The van der Waals surface area contributed by atoms with E-state index in [2.05, 4.69) is 41.5 Å². The molecule has 0 atom stereocenters. The van der Waals surface area contributed by atoms with E-state index in [-0.39, 0.29) is 5.97 Å². The van der Waals surface area contributed by atoms with Crippen LogP contribution in [0, 0.1) is 0 Å². The fourth-order valence-corrected chi connectivity index (χ4v) is 3.78. The fraction of sp³-hybridized carbons (Fsp3) is 0.0909. The van der Waals surface area contributed by atoms with Gasteiger partial charge in [0.15, 0.2) is 0 Å². The van der Waals surface area contributed by atoms with Crippen molar-refractivity contribution in [3.63, 3.8) is 0 Å². The number of nitrogens with zero attached hydrogens (tertiary/aromatic N) is 2. The molecule has 0 aliphatic rings. The molecular formula is C22H18N2O2S. The summed E-state index contributed by atoms with van der Waals surface area (Å²) in [7, 11) is 1.39. The first-order chi connectivity index (χ1) is 13.2. The molecule has 0 fully saturated rings. The molecule has 0 aliphatic carbocycles. The molecular weight excluding hydrogens is 356 g/mol. The Kier molecular flexibility index (Phi) is 4.85. The Morgan fingerprint density at radius 3 is 2.44 bits per heavy atom. The molecule has 4 rings (SSSR count). The molecule has 4 nitrogen and oxygen atoms in total. The van der Waals surface area contributed by atoms with Gasteiger partial charge in [0.25, 0.3) is 0 Å². The van der Waals surface area contributed by atoms with Crippen molar-refractivity contribution in [1.29, 1.82) is 0 Å². The molecule has 0 bridgehead atoms. The van der Waals surface area contributed by atoms with Crippen molar-refractivity contribution < 1.29 is 9.53 Å². The fourth-order valence-electron chi connectivity index (χ4n) is 2.89. The monoisotopic (exact) mass is 374 g/mol. The second-order valence-corrected chi connectivity index (χ2v) is 7.20. The number of thiophene rings is 1. The third-order valence-electron chi connectivity index (χ3n) is 4.29. The molecule has 0 saturated carbocycles. The maximum atomic E-state index is 11.6. The van der Waals surface area contributed by atoms with E-state index < -0.39 is 0 Å². The van der Waals surface area contributed by atoms with Crippen LogP contribution in [0.1, 0.15) is 15.2 Å². The van der Waals surface area contributed by atoms with Crippen molar-refractivity contribution in [3.8, 4) is 21.7 Å².